The number of rotatable bonds is 5. The van der Waals surface area contributed by atoms with Gasteiger partial charge in [-0.1, -0.05) is 42.5 Å². The zero-order valence-electron chi connectivity index (χ0n) is 11.3. The fourth-order valence-corrected chi connectivity index (χ4v) is 1.81. The minimum atomic E-state index is 0.624. The van der Waals surface area contributed by atoms with Crippen LogP contribution in [0.2, 0.25) is 0 Å². The Hall–Kier alpha value is -2.73. The topological polar surface area (TPSA) is 45.0 Å². The molecule has 0 unspecified atom stereocenters. The second-order valence-corrected chi connectivity index (χ2v) is 4.26. The van der Waals surface area contributed by atoms with Crippen LogP contribution in [0.4, 0.5) is 0 Å². The van der Waals surface area contributed by atoms with Gasteiger partial charge in [-0.05, 0) is 23.3 Å². The predicted molar refractivity (Wildman–Crippen MR) is 79.9 cm³/mol. The van der Waals surface area contributed by atoms with E-state index in [-0.39, 0.29) is 0 Å². The van der Waals surface area contributed by atoms with Crippen molar-refractivity contribution in [3.63, 3.8) is 0 Å². The molecule has 0 atom stereocenters. The van der Waals surface area contributed by atoms with Crippen molar-refractivity contribution < 1.29 is 4.74 Å². The second kappa shape index (κ2) is 7.01. The summed E-state index contributed by atoms with van der Waals surface area (Å²) in [6.45, 7) is 0.669. The lowest BCUT2D eigenvalue weighted by Crippen LogP contribution is -2.05. The lowest BCUT2D eigenvalue weighted by atomic mass is 10.1. The molecule has 3 nitrogen and oxygen atoms in total. The molecule has 0 heterocycles. The van der Waals surface area contributed by atoms with Gasteiger partial charge in [0.05, 0.1) is 12.7 Å². The van der Waals surface area contributed by atoms with Gasteiger partial charge >= 0.3 is 0 Å². The van der Waals surface area contributed by atoms with Gasteiger partial charge in [0, 0.05) is 12.7 Å². The van der Waals surface area contributed by atoms with Crippen LogP contribution >= 0.6 is 0 Å². The van der Waals surface area contributed by atoms with Crippen LogP contribution in [0.5, 0.6) is 5.75 Å². The molecular weight excluding hydrogens is 248 g/mol. The SMILES string of the molecule is COc1ccc(CN/C=C(\C#N)c2ccccc2)cc1. The van der Waals surface area contributed by atoms with Gasteiger partial charge in [0.25, 0.3) is 0 Å². The molecule has 0 amide bonds. The van der Waals surface area contributed by atoms with Gasteiger partial charge in [-0.25, -0.2) is 0 Å². The van der Waals surface area contributed by atoms with Crippen LogP contribution in [0.3, 0.4) is 0 Å². The van der Waals surface area contributed by atoms with Gasteiger partial charge in [-0.15, -0.1) is 0 Å². The summed E-state index contributed by atoms with van der Waals surface area (Å²) < 4.78 is 5.11. The van der Waals surface area contributed by atoms with Crippen LogP contribution in [0.15, 0.2) is 60.8 Å². The van der Waals surface area contributed by atoms with Gasteiger partial charge < -0.3 is 10.1 Å². The maximum absolute atomic E-state index is 9.17. The van der Waals surface area contributed by atoms with Crippen molar-refractivity contribution in [1.82, 2.24) is 5.32 Å². The average molecular weight is 264 g/mol. The van der Waals surface area contributed by atoms with Crippen molar-refractivity contribution in [3.8, 4) is 11.8 Å². The Balaban J connectivity index is 1.99. The van der Waals surface area contributed by atoms with Crippen molar-refractivity contribution in [1.29, 1.82) is 5.26 Å². The first-order chi connectivity index (χ1) is 9.83. The van der Waals surface area contributed by atoms with Crippen molar-refractivity contribution in [3.05, 3.63) is 71.9 Å². The van der Waals surface area contributed by atoms with E-state index in [1.807, 2.05) is 54.6 Å². The first kappa shape index (κ1) is 13.7. The van der Waals surface area contributed by atoms with Gasteiger partial charge in [-0.2, -0.15) is 5.26 Å². The van der Waals surface area contributed by atoms with Crippen molar-refractivity contribution in [2.75, 3.05) is 7.11 Å². The van der Waals surface area contributed by atoms with Crippen LogP contribution in [0, 0.1) is 11.3 Å². The number of nitrogens with zero attached hydrogens (tertiary/aromatic N) is 1. The molecule has 0 bridgehead atoms. The standard InChI is InChI=1S/C17H16N2O/c1-20-17-9-7-14(8-10-17)12-19-13-16(11-18)15-5-3-2-4-6-15/h2-10,13,19H,12H2,1H3/b16-13+. The zero-order chi connectivity index (χ0) is 14.2. The summed E-state index contributed by atoms with van der Waals surface area (Å²) >= 11 is 0. The molecule has 0 aromatic heterocycles. The van der Waals surface area contributed by atoms with Crippen LogP contribution in [0.25, 0.3) is 5.57 Å². The average Bonchev–Trinajstić information content (AvgIpc) is 2.53. The Bertz CT molecular complexity index is 610. The number of hydrogen-bond acceptors (Lipinski definition) is 3. The third-order valence-electron chi connectivity index (χ3n) is 2.92. The molecule has 0 radical (unpaired) electrons. The molecular formula is C17H16N2O. The highest BCUT2D eigenvalue weighted by Crippen LogP contribution is 2.13. The number of methoxy groups -OCH3 is 1. The van der Waals surface area contributed by atoms with Crippen molar-refractivity contribution in [2.45, 2.75) is 6.54 Å². The van der Waals surface area contributed by atoms with E-state index in [2.05, 4.69) is 11.4 Å². The maximum atomic E-state index is 9.17. The molecule has 2 rings (SSSR count). The Kier molecular flexibility index (Phi) is 4.80. The minimum absolute atomic E-state index is 0.624. The fourth-order valence-electron chi connectivity index (χ4n) is 1.81. The quantitative estimate of drug-likeness (QED) is 0.842. The predicted octanol–water partition coefficient (Wildman–Crippen LogP) is 3.35. The fraction of sp³-hybridized carbons (Fsp3) is 0.118. The summed E-state index contributed by atoms with van der Waals surface area (Å²) in [5.41, 5.74) is 2.67. The molecule has 0 aliphatic carbocycles. The summed E-state index contributed by atoms with van der Waals surface area (Å²) in [6.07, 6.45) is 1.75. The highest BCUT2D eigenvalue weighted by molar-refractivity contribution is 5.76. The van der Waals surface area contributed by atoms with Gasteiger partial charge in [0.1, 0.15) is 11.8 Å². The monoisotopic (exact) mass is 264 g/mol. The number of benzene rings is 2. The third kappa shape index (κ3) is 3.63. The first-order valence-corrected chi connectivity index (χ1v) is 6.35. The smallest absolute Gasteiger partial charge is 0.118 e. The van der Waals surface area contributed by atoms with Crippen molar-refractivity contribution in [2.24, 2.45) is 0 Å². The van der Waals surface area contributed by atoms with Crippen LogP contribution in [-0.2, 0) is 6.54 Å². The molecule has 0 aliphatic heterocycles. The normalized spacial score (nSPS) is 10.7. The number of nitriles is 1. The molecule has 1 N–H and O–H groups in total. The molecule has 2 aromatic rings. The van der Waals surface area contributed by atoms with Crippen LogP contribution < -0.4 is 10.1 Å². The van der Waals surface area contributed by atoms with Crippen molar-refractivity contribution >= 4 is 5.57 Å². The maximum Gasteiger partial charge on any atom is 0.118 e. The minimum Gasteiger partial charge on any atom is -0.497 e. The lowest BCUT2D eigenvalue weighted by Gasteiger charge is -2.04. The molecule has 0 aliphatic rings. The Morgan fingerprint density at radius 2 is 1.85 bits per heavy atom. The summed E-state index contributed by atoms with van der Waals surface area (Å²) in [5.74, 6) is 0.839. The molecule has 100 valence electrons. The molecule has 2 aromatic carbocycles. The van der Waals surface area contributed by atoms with Gasteiger partial charge in [0.2, 0.25) is 0 Å². The summed E-state index contributed by atoms with van der Waals surface area (Å²) in [6, 6.07) is 19.6. The van der Waals surface area contributed by atoms with E-state index >= 15 is 0 Å². The first-order valence-electron chi connectivity index (χ1n) is 6.35. The molecule has 0 saturated heterocycles. The highest BCUT2D eigenvalue weighted by Gasteiger charge is 1.98. The summed E-state index contributed by atoms with van der Waals surface area (Å²) in [5, 5.41) is 12.3. The van der Waals surface area contributed by atoms with Crippen LogP contribution in [0.1, 0.15) is 11.1 Å². The van der Waals surface area contributed by atoms with E-state index in [0.717, 1.165) is 16.9 Å². The molecule has 3 heteroatoms. The number of nitrogens with one attached hydrogen (secondary N) is 1. The molecule has 0 fully saturated rings. The van der Waals surface area contributed by atoms with Crippen LogP contribution in [-0.4, -0.2) is 7.11 Å². The van der Waals surface area contributed by atoms with E-state index in [4.69, 9.17) is 4.74 Å². The summed E-state index contributed by atoms with van der Waals surface area (Å²) in [7, 11) is 1.65. The lowest BCUT2D eigenvalue weighted by molar-refractivity contribution is 0.414. The Labute approximate surface area is 119 Å². The molecule has 0 spiro atoms. The number of allylic oxidation sites excluding steroid dienone is 1. The Morgan fingerprint density at radius 3 is 2.45 bits per heavy atom. The van der Waals surface area contributed by atoms with E-state index in [1.54, 1.807) is 13.3 Å². The summed E-state index contributed by atoms with van der Waals surface area (Å²) in [4.78, 5) is 0. The number of hydrogen-bond donors (Lipinski definition) is 1. The highest BCUT2D eigenvalue weighted by atomic mass is 16.5. The Morgan fingerprint density at radius 1 is 1.15 bits per heavy atom. The zero-order valence-corrected chi connectivity index (χ0v) is 11.3. The second-order valence-electron chi connectivity index (χ2n) is 4.26. The van der Waals surface area contributed by atoms with E-state index in [1.165, 1.54) is 0 Å². The van der Waals surface area contributed by atoms with E-state index in [9.17, 15) is 5.26 Å². The van der Waals surface area contributed by atoms with E-state index < -0.39 is 0 Å². The third-order valence-corrected chi connectivity index (χ3v) is 2.92. The number of ether oxygens (including phenoxy) is 1. The molecule has 20 heavy (non-hydrogen) atoms. The van der Waals surface area contributed by atoms with Gasteiger partial charge in [0.15, 0.2) is 0 Å². The van der Waals surface area contributed by atoms with E-state index in [0.29, 0.717) is 12.1 Å². The largest absolute Gasteiger partial charge is 0.497 e. The molecule has 0 saturated carbocycles. The van der Waals surface area contributed by atoms with Gasteiger partial charge in [-0.3, -0.25) is 0 Å².